The van der Waals surface area contributed by atoms with E-state index < -0.39 is 6.10 Å². The van der Waals surface area contributed by atoms with Crippen LogP contribution in [0.15, 0.2) is 0 Å². The van der Waals surface area contributed by atoms with Gasteiger partial charge in [-0.2, -0.15) is 0 Å². The highest BCUT2D eigenvalue weighted by Gasteiger charge is 2.24. The van der Waals surface area contributed by atoms with Gasteiger partial charge >= 0.3 is 0 Å². The van der Waals surface area contributed by atoms with Crippen LogP contribution in [0, 0.1) is 5.92 Å². The fraction of sp³-hybridized carbons (Fsp3) is 0.714. The molecule has 0 aromatic rings. The highest BCUT2D eigenvalue weighted by atomic mass is 16.5. The number of rotatable bonds is 2. The zero-order valence-corrected chi connectivity index (χ0v) is 5.66. The minimum Gasteiger partial charge on any atom is -0.370 e. The Kier molecular flexibility index (Phi) is 2.57. The van der Waals surface area contributed by atoms with Crippen LogP contribution in [-0.2, 0) is 14.3 Å². The van der Waals surface area contributed by atoms with Crippen LogP contribution in [-0.4, -0.2) is 25.3 Å². The molecule has 0 N–H and O–H groups in total. The summed E-state index contributed by atoms with van der Waals surface area (Å²) in [6.45, 7) is 0.605. The van der Waals surface area contributed by atoms with Crippen molar-refractivity contribution in [2.45, 2.75) is 18.9 Å². The van der Waals surface area contributed by atoms with Crippen LogP contribution in [0.25, 0.3) is 0 Å². The Morgan fingerprint density at radius 3 is 2.60 bits per heavy atom. The summed E-state index contributed by atoms with van der Waals surface area (Å²) >= 11 is 0. The summed E-state index contributed by atoms with van der Waals surface area (Å²) in [5, 5.41) is 0. The molecule has 3 heteroatoms. The smallest absolute Gasteiger partial charge is 0.149 e. The Labute approximate surface area is 59.4 Å². The number of hydrogen-bond acceptors (Lipinski definition) is 3. The molecule has 1 heterocycles. The third-order valence-corrected chi connectivity index (χ3v) is 1.72. The first-order valence-corrected chi connectivity index (χ1v) is 3.40. The van der Waals surface area contributed by atoms with Crippen molar-refractivity contribution in [2.24, 2.45) is 5.92 Å². The fourth-order valence-electron chi connectivity index (χ4n) is 1.11. The molecule has 1 aliphatic heterocycles. The standard InChI is InChI=1S/C7H10O3/c8-4-6-2-1-3-10-7(6)5-9/h4-7H,1-3H2. The minimum absolute atomic E-state index is 0.203. The summed E-state index contributed by atoms with van der Waals surface area (Å²) in [6, 6.07) is 0. The van der Waals surface area contributed by atoms with Crippen LogP contribution in [0.3, 0.4) is 0 Å². The molecule has 0 aromatic heterocycles. The van der Waals surface area contributed by atoms with Crippen LogP contribution < -0.4 is 0 Å². The van der Waals surface area contributed by atoms with Gasteiger partial charge in [-0.25, -0.2) is 0 Å². The Morgan fingerprint density at radius 2 is 2.10 bits per heavy atom. The van der Waals surface area contributed by atoms with Crippen molar-refractivity contribution in [1.29, 1.82) is 0 Å². The van der Waals surface area contributed by atoms with Gasteiger partial charge in [-0.1, -0.05) is 0 Å². The second-order valence-corrected chi connectivity index (χ2v) is 2.41. The van der Waals surface area contributed by atoms with Crippen LogP contribution >= 0.6 is 0 Å². The molecule has 10 heavy (non-hydrogen) atoms. The lowest BCUT2D eigenvalue weighted by Crippen LogP contribution is -2.31. The minimum atomic E-state index is -0.480. The maximum Gasteiger partial charge on any atom is 0.149 e. The van der Waals surface area contributed by atoms with Crippen LogP contribution in [0.1, 0.15) is 12.8 Å². The molecule has 1 fully saturated rings. The summed E-state index contributed by atoms with van der Waals surface area (Å²) in [6.07, 6.45) is 2.70. The largest absolute Gasteiger partial charge is 0.370 e. The van der Waals surface area contributed by atoms with E-state index in [0.717, 1.165) is 19.1 Å². The van der Waals surface area contributed by atoms with E-state index in [2.05, 4.69) is 0 Å². The third kappa shape index (κ3) is 1.42. The number of ether oxygens (including phenoxy) is 1. The van der Waals surface area contributed by atoms with Crippen molar-refractivity contribution in [3.05, 3.63) is 0 Å². The van der Waals surface area contributed by atoms with E-state index in [9.17, 15) is 9.59 Å². The van der Waals surface area contributed by atoms with Crippen molar-refractivity contribution in [3.8, 4) is 0 Å². The topological polar surface area (TPSA) is 43.4 Å². The number of hydrogen-bond donors (Lipinski definition) is 0. The predicted octanol–water partition coefficient (Wildman–Crippen LogP) is 0.179. The van der Waals surface area contributed by atoms with E-state index in [1.54, 1.807) is 0 Å². The van der Waals surface area contributed by atoms with Crippen molar-refractivity contribution < 1.29 is 14.3 Å². The van der Waals surface area contributed by atoms with Gasteiger partial charge in [0.05, 0.1) is 0 Å². The normalized spacial score (nSPS) is 33.2. The zero-order valence-electron chi connectivity index (χ0n) is 5.66. The SMILES string of the molecule is O=CC1CCCOC1C=O. The number of carbonyl (C=O) groups is 2. The molecule has 0 spiro atoms. The zero-order chi connectivity index (χ0) is 7.40. The molecule has 1 saturated heterocycles. The van der Waals surface area contributed by atoms with Gasteiger partial charge < -0.3 is 14.3 Å². The molecule has 56 valence electrons. The average molecular weight is 142 g/mol. The van der Waals surface area contributed by atoms with Crippen molar-refractivity contribution in [2.75, 3.05) is 6.61 Å². The van der Waals surface area contributed by atoms with E-state index in [1.807, 2.05) is 0 Å². The number of aldehydes is 2. The molecular formula is C7H10O3. The Morgan fingerprint density at radius 1 is 1.30 bits per heavy atom. The Hall–Kier alpha value is -0.700. The van der Waals surface area contributed by atoms with Crippen LogP contribution in [0.2, 0.25) is 0 Å². The molecule has 0 saturated carbocycles. The van der Waals surface area contributed by atoms with E-state index >= 15 is 0 Å². The van der Waals surface area contributed by atoms with E-state index in [1.165, 1.54) is 0 Å². The van der Waals surface area contributed by atoms with Crippen molar-refractivity contribution >= 4 is 12.6 Å². The molecule has 1 aliphatic rings. The molecule has 3 nitrogen and oxygen atoms in total. The first-order chi connectivity index (χ1) is 4.88. The maximum absolute atomic E-state index is 10.3. The Bertz CT molecular complexity index is 117. The molecule has 2 unspecified atom stereocenters. The van der Waals surface area contributed by atoms with Crippen molar-refractivity contribution in [1.82, 2.24) is 0 Å². The van der Waals surface area contributed by atoms with E-state index in [-0.39, 0.29) is 5.92 Å². The van der Waals surface area contributed by atoms with E-state index in [4.69, 9.17) is 4.74 Å². The maximum atomic E-state index is 10.3. The fourth-order valence-corrected chi connectivity index (χ4v) is 1.11. The first-order valence-electron chi connectivity index (χ1n) is 3.40. The predicted molar refractivity (Wildman–Crippen MR) is 34.6 cm³/mol. The average Bonchev–Trinajstić information content (AvgIpc) is 2.04. The monoisotopic (exact) mass is 142 g/mol. The highest BCUT2D eigenvalue weighted by molar-refractivity contribution is 5.66. The lowest BCUT2D eigenvalue weighted by atomic mass is 9.97. The van der Waals surface area contributed by atoms with Crippen LogP contribution in [0.5, 0.6) is 0 Å². The van der Waals surface area contributed by atoms with Gasteiger partial charge in [0.1, 0.15) is 18.7 Å². The van der Waals surface area contributed by atoms with E-state index in [0.29, 0.717) is 12.9 Å². The molecule has 0 aromatic carbocycles. The Balaban J connectivity index is 2.49. The quantitative estimate of drug-likeness (QED) is 0.516. The highest BCUT2D eigenvalue weighted by Crippen LogP contribution is 2.16. The molecule has 0 radical (unpaired) electrons. The summed E-state index contributed by atoms with van der Waals surface area (Å²) in [5.74, 6) is -0.203. The van der Waals surface area contributed by atoms with Gasteiger partial charge in [0.25, 0.3) is 0 Å². The molecule has 0 aliphatic carbocycles. The molecule has 2 atom stereocenters. The summed E-state index contributed by atoms with van der Waals surface area (Å²) in [4.78, 5) is 20.5. The van der Waals surface area contributed by atoms with Crippen molar-refractivity contribution in [3.63, 3.8) is 0 Å². The molecular weight excluding hydrogens is 132 g/mol. The lowest BCUT2D eigenvalue weighted by molar-refractivity contribution is -0.132. The molecule has 0 bridgehead atoms. The molecule has 1 rings (SSSR count). The molecule has 0 amide bonds. The van der Waals surface area contributed by atoms with Crippen LogP contribution in [0.4, 0.5) is 0 Å². The van der Waals surface area contributed by atoms with Gasteiger partial charge in [0.2, 0.25) is 0 Å². The lowest BCUT2D eigenvalue weighted by Gasteiger charge is -2.22. The van der Waals surface area contributed by atoms with Gasteiger partial charge in [-0.05, 0) is 12.8 Å². The number of carbonyl (C=O) groups excluding carboxylic acids is 2. The summed E-state index contributed by atoms with van der Waals surface area (Å²) < 4.78 is 5.03. The second-order valence-electron chi connectivity index (χ2n) is 2.41. The van der Waals surface area contributed by atoms with Gasteiger partial charge in [0.15, 0.2) is 0 Å². The first kappa shape index (κ1) is 7.41. The second kappa shape index (κ2) is 3.46. The van der Waals surface area contributed by atoms with Gasteiger partial charge in [-0.3, -0.25) is 0 Å². The third-order valence-electron chi connectivity index (χ3n) is 1.72. The summed E-state index contributed by atoms with van der Waals surface area (Å²) in [5.41, 5.74) is 0. The van der Waals surface area contributed by atoms with Gasteiger partial charge in [-0.15, -0.1) is 0 Å². The van der Waals surface area contributed by atoms with Gasteiger partial charge in [0, 0.05) is 12.5 Å². The summed E-state index contributed by atoms with van der Waals surface area (Å²) in [7, 11) is 0.